The maximum absolute atomic E-state index is 13.8. The minimum Gasteiger partial charge on any atom is -0.348 e. The van der Waals surface area contributed by atoms with E-state index < -0.39 is 39.3 Å². The number of aromatic nitrogens is 1. The maximum atomic E-state index is 13.8. The SMILES string of the molecule is CN=CC[C@@H](/C=C/S(C)(=O)=O)NC(=O)[C@H]1CCCN1C(=O)[C@@H](NC(=O)c1ccc2ccccc2n1)C(C)(C)C. The highest BCUT2D eigenvalue weighted by Gasteiger charge is 2.42. The third-order valence-corrected chi connectivity index (χ3v) is 7.14. The van der Waals surface area contributed by atoms with Gasteiger partial charge in [0.2, 0.25) is 11.8 Å². The number of pyridine rings is 1. The number of hydrogen-bond acceptors (Lipinski definition) is 7. The molecule has 10 nitrogen and oxygen atoms in total. The summed E-state index contributed by atoms with van der Waals surface area (Å²) in [6.07, 6.45) is 5.45. The fraction of sp³-hybridized carbons (Fsp3) is 0.464. The van der Waals surface area contributed by atoms with Gasteiger partial charge in [0, 0.05) is 43.3 Å². The van der Waals surface area contributed by atoms with Crippen molar-refractivity contribution in [2.24, 2.45) is 10.4 Å². The Labute approximate surface area is 229 Å². The van der Waals surface area contributed by atoms with Crippen LogP contribution in [0.15, 0.2) is 52.9 Å². The van der Waals surface area contributed by atoms with Gasteiger partial charge in [-0.3, -0.25) is 14.4 Å². The van der Waals surface area contributed by atoms with Gasteiger partial charge in [0.1, 0.15) is 17.8 Å². The van der Waals surface area contributed by atoms with E-state index in [-0.39, 0.29) is 17.5 Å². The van der Waals surface area contributed by atoms with Crippen molar-refractivity contribution in [2.45, 2.75) is 58.2 Å². The Hall–Kier alpha value is -3.60. The van der Waals surface area contributed by atoms with E-state index in [1.165, 1.54) is 11.0 Å². The summed E-state index contributed by atoms with van der Waals surface area (Å²) in [7, 11) is -1.80. The minimum atomic E-state index is -3.38. The molecule has 2 aromatic rings. The number of nitrogens with one attached hydrogen (secondary N) is 2. The second-order valence-electron chi connectivity index (χ2n) is 10.8. The molecule has 3 amide bonds. The summed E-state index contributed by atoms with van der Waals surface area (Å²) in [5.41, 5.74) is 0.225. The molecule has 1 aromatic heterocycles. The lowest BCUT2D eigenvalue weighted by Gasteiger charge is -2.35. The first-order valence-corrected chi connectivity index (χ1v) is 14.8. The zero-order chi connectivity index (χ0) is 28.8. The number of aliphatic imine (C=N–C) groups is 1. The smallest absolute Gasteiger partial charge is 0.270 e. The number of likely N-dealkylation sites (tertiary alicyclic amines) is 1. The number of rotatable bonds is 9. The molecular formula is C28H37N5O5S. The normalized spacial score (nSPS) is 18.0. The van der Waals surface area contributed by atoms with E-state index in [0.717, 1.165) is 17.1 Å². The first-order valence-electron chi connectivity index (χ1n) is 12.9. The number of para-hydroxylation sites is 1. The van der Waals surface area contributed by atoms with Crippen molar-refractivity contribution < 1.29 is 22.8 Å². The van der Waals surface area contributed by atoms with Crippen LogP contribution in [-0.2, 0) is 19.4 Å². The predicted octanol–water partition coefficient (Wildman–Crippen LogP) is 2.50. The highest BCUT2D eigenvalue weighted by Crippen LogP contribution is 2.26. The molecule has 3 rings (SSSR count). The van der Waals surface area contributed by atoms with E-state index in [1.807, 2.05) is 51.1 Å². The van der Waals surface area contributed by atoms with Crippen molar-refractivity contribution in [3.05, 3.63) is 53.6 Å². The molecule has 2 heterocycles. The third-order valence-electron chi connectivity index (χ3n) is 6.49. The Morgan fingerprint density at radius 1 is 1.15 bits per heavy atom. The molecule has 1 aromatic carbocycles. The van der Waals surface area contributed by atoms with Crippen LogP contribution in [0.3, 0.4) is 0 Å². The number of carbonyl (C=O) groups is 3. The molecule has 0 radical (unpaired) electrons. The highest BCUT2D eigenvalue weighted by molar-refractivity contribution is 7.93. The Kier molecular flexibility index (Phi) is 9.60. The molecule has 0 spiro atoms. The second kappa shape index (κ2) is 12.5. The van der Waals surface area contributed by atoms with Gasteiger partial charge in [-0.15, -0.1) is 0 Å². The molecule has 0 unspecified atom stereocenters. The summed E-state index contributed by atoms with van der Waals surface area (Å²) in [6.45, 7) is 5.93. The van der Waals surface area contributed by atoms with Crippen molar-refractivity contribution in [3.63, 3.8) is 0 Å². The number of benzene rings is 1. The van der Waals surface area contributed by atoms with Crippen LogP contribution in [0.4, 0.5) is 0 Å². The van der Waals surface area contributed by atoms with Gasteiger partial charge in [0.05, 0.1) is 11.6 Å². The predicted molar refractivity (Wildman–Crippen MR) is 152 cm³/mol. The maximum Gasteiger partial charge on any atom is 0.270 e. The quantitative estimate of drug-likeness (QED) is 0.456. The summed E-state index contributed by atoms with van der Waals surface area (Å²) >= 11 is 0. The van der Waals surface area contributed by atoms with Crippen molar-refractivity contribution in [1.82, 2.24) is 20.5 Å². The molecular weight excluding hydrogens is 518 g/mol. The van der Waals surface area contributed by atoms with Crippen LogP contribution >= 0.6 is 0 Å². The molecule has 1 saturated heterocycles. The van der Waals surface area contributed by atoms with E-state index in [1.54, 1.807) is 19.3 Å². The molecule has 0 saturated carbocycles. The molecule has 3 atom stereocenters. The monoisotopic (exact) mass is 555 g/mol. The second-order valence-corrected chi connectivity index (χ2v) is 12.7. The Bertz CT molecular complexity index is 1380. The zero-order valence-corrected chi connectivity index (χ0v) is 23.9. The highest BCUT2D eigenvalue weighted by atomic mass is 32.2. The molecule has 2 N–H and O–H groups in total. The van der Waals surface area contributed by atoms with Crippen LogP contribution in [0.2, 0.25) is 0 Å². The van der Waals surface area contributed by atoms with Gasteiger partial charge in [0.25, 0.3) is 5.91 Å². The summed E-state index contributed by atoms with van der Waals surface area (Å²) in [4.78, 5) is 50.1. The fourth-order valence-corrected chi connectivity index (χ4v) is 4.91. The van der Waals surface area contributed by atoms with Crippen molar-refractivity contribution in [2.75, 3.05) is 19.8 Å². The molecule has 11 heteroatoms. The number of carbonyl (C=O) groups excluding carboxylic acids is 3. The minimum absolute atomic E-state index is 0.199. The zero-order valence-electron chi connectivity index (χ0n) is 23.0. The Morgan fingerprint density at radius 3 is 2.54 bits per heavy atom. The lowest BCUT2D eigenvalue weighted by atomic mass is 9.85. The first-order chi connectivity index (χ1) is 18.3. The number of nitrogens with zero attached hydrogens (tertiary/aromatic N) is 3. The van der Waals surface area contributed by atoms with Gasteiger partial charge < -0.3 is 20.5 Å². The topological polar surface area (TPSA) is 138 Å². The van der Waals surface area contributed by atoms with Crippen LogP contribution in [0.25, 0.3) is 10.9 Å². The van der Waals surface area contributed by atoms with Crippen LogP contribution in [0.1, 0.15) is 50.5 Å². The molecule has 210 valence electrons. The molecule has 0 bridgehead atoms. The lowest BCUT2D eigenvalue weighted by molar-refractivity contribution is -0.142. The van der Waals surface area contributed by atoms with E-state index in [0.29, 0.717) is 31.3 Å². The number of amides is 3. The molecule has 1 aliphatic heterocycles. The number of hydrogen-bond donors (Lipinski definition) is 2. The first kappa shape index (κ1) is 29.9. The van der Waals surface area contributed by atoms with Crippen LogP contribution in [0.5, 0.6) is 0 Å². The Balaban J connectivity index is 1.79. The standard InChI is InChI=1S/C28H37N5O5S/c1-28(2,3)24(32-25(34)22-13-12-19-9-6-7-10-21(19)31-22)27(36)33-17-8-11-23(33)26(35)30-20(14-16-29-4)15-18-39(5,37)38/h6-7,9-10,12-13,15-16,18,20,23-24H,8,11,14,17H2,1-5H3,(H,30,35)(H,32,34)/b18-15+,29-16?/t20-,23+,24+/m0/s1. The summed E-state index contributed by atoms with van der Waals surface area (Å²) in [5, 5.41) is 7.65. The van der Waals surface area contributed by atoms with Crippen molar-refractivity contribution >= 4 is 44.7 Å². The van der Waals surface area contributed by atoms with Gasteiger partial charge in [-0.2, -0.15) is 0 Å². The third kappa shape index (κ3) is 8.19. The van der Waals surface area contributed by atoms with Crippen molar-refractivity contribution in [3.8, 4) is 0 Å². The summed E-state index contributed by atoms with van der Waals surface area (Å²) in [5.74, 6) is -1.21. The van der Waals surface area contributed by atoms with E-state index in [2.05, 4.69) is 20.6 Å². The van der Waals surface area contributed by atoms with Gasteiger partial charge >= 0.3 is 0 Å². The number of sulfone groups is 1. The van der Waals surface area contributed by atoms with Gasteiger partial charge in [0.15, 0.2) is 9.84 Å². The molecule has 1 aliphatic rings. The van der Waals surface area contributed by atoms with Gasteiger partial charge in [-0.05, 0) is 30.4 Å². The lowest BCUT2D eigenvalue weighted by Crippen LogP contribution is -2.58. The molecule has 0 aliphatic carbocycles. The van der Waals surface area contributed by atoms with E-state index >= 15 is 0 Å². The van der Waals surface area contributed by atoms with E-state index in [4.69, 9.17) is 0 Å². The van der Waals surface area contributed by atoms with Gasteiger partial charge in [-0.25, -0.2) is 13.4 Å². The van der Waals surface area contributed by atoms with Crippen LogP contribution < -0.4 is 10.6 Å². The average molecular weight is 556 g/mol. The number of fused-ring (bicyclic) bond motifs is 1. The fourth-order valence-electron chi connectivity index (χ4n) is 4.44. The van der Waals surface area contributed by atoms with Crippen molar-refractivity contribution in [1.29, 1.82) is 0 Å². The van der Waals surface area contributed by atoms with E-state index in [9.17, 15) is 22.8 Å². The Morgan fingerprint density at radius 2 is 1.87 bits per heavy atom. The molecule has 39 heavy (non-hydrogen) atoms. The van der Waals surface area contributed by atoms with Gasteiger partial charge in [-0.1, -0.05) is 51.1 Å². The summed E-state index contributed by atoms with van der Waals surface area (Å²) < 4.78 is 23.2. The molecule has 1 fully saturated rings. The summed E-state index contributed by atoms with van der Waals surface area (Å²) in [6, 6.07) is 8.63. The average Bonchev–Trinajstić information content (AvgIpc) is 3.37. The van der Waals surface area contributed by atoms with Crippen LogP contribution in [0, 0.1) is 5.41 Å². The largest absolute Gasteiger partial charge is 0.348 e. The van der Waals surface area contributed by atoms with Crippen LogP contribution in [-0.4, -0.2) is 80.2 Å².